The summed E-state index contributed by atoms with van der Waals surface area (Å²) >= 11 is 1.15. The first-order valence-corrected chi connectivity index (χ1v) is 9.31. The SMILES string of the molecule is COc1cc(/C=N/NC(=O)Cc2nnc(N)s2)ccc1OCc1ccccc1F. The highest BCUT2D eigenvalue weighted by molar-refractivity contribution is 7.15. The molecule has 3 N–H and O–H groups in total. The van der Waals surface area contributed by atoms with Gasteiger partial charge >= 0.3 is 0 Å². The molecule has 0 aliphatic rings. The number of ether oxygens (including phenoxy) is 2. The Morgan fingerprint density at radius 3 is 2.83 bits per heavy atom. The standard InChI is InChI=1S/C19H18FN5O3S/c1-27-16-8-12(10-22-23-17(26)9-18-24-25-19(21)29-18)6-7-15(16)28-11-13-4-2-3-5-14(13)20/h2-8,10H,9,11H2,1H3,(H2,21,25)(H,23,26)/b22-10+. The molecule has 0 radical (unpaired) electrons. The minimum atomic E-state index is -0.339. The predicted octanol–water partition coefficient (Wildman–Crippen LogP) is 2.54. The van der Waals surface area contributed by atoms with Crippen molar-refractivity contribution in [1.29, 1.82) is 0 Å². The second kappa shape index (κ2) is 9.60. The van der Waals surface area contributed by atoms with Crippen molar-refractivity contribution in [3.8, 4) is 11.5 Å². The molecule has 3 rings (SSSR count). The molecule has 0 saturated heterocycles. The fourth-order valence-corrected chi connectivity index (χ4v) is 2.96. The van der Waals surface area contributed by atoms with Crippen molar-refractivity contribution < 1.29 is 18.7 Å². The first-order valence-electron chi connectivity index (χ1n) is 8.49. The summed E-state index contributed by atoms with van der Waals surface area (Å²) in [6.07, 6.45) is 1.51. The lowest BCUT2D eigenvalue weighted by atomic mass is 10.2. The molecule has 10 heteroatoms. The molecule has 2 aromatic carbocycles. The Morgan fingerprint density at radius 1 is 1.28 bits per heavy atom. The van der Waals surface area contributed by atoms with E-state index in [0.717, 1.165) is 11.3 Å². The Morgan fingerprint density at radius 2 is 2.10 bits per heavy atom. The molecule has 150 valence electrons. The van der Waals surface area contributed by atoms with Crippen molar-refractivity contribution in [2.45, 2.75) is 13.0 Å². The number of aromatic nitrogens is 2. The van der Waals surface area contributed by atoms with Gasteiger partial charge in [0.15, 0.2) is 11.5 Å². The van der Waals surface area contributed by atoms with Crippen molar-refractivity contribution in [2.24, 2.45) is 5.10 Å². The Balaban J connectivity index is 1.58. The van der Waals surface area contributed by atoms with Crippen LogP contribution in [0.15, 0.2) is 47.6 Å². The summed E-state index contributed by atoms with van der Waals surface area (Å²) in [6, 6.07) is 11.5. The number of nitrogens with zero attached hydrogens (tertiary/aromatic N) is 3. The largest absolute Gasteiger partial charge is 0.493 e. The quantitative estimate of drug-likeness (QED) is 0.432. The Labute approximate surface area is 170 Å². The number of anilines is 1. The van der Waals surface area contributed by atoms with E-state index in [2.05, 4.69) is 20.7 Å². The number of carbonyl (C=O) groups excluding carboxylic acids is 1. The average Bonchev–Trinajstić information content (AvgIpc) is 3.12. The third-order valence-corrected chi connectivity index (χ3v) is 4.48. The van der Waals surface area contributed by atoms with E-state index >= 15 is 0 Å². The number of benzene rings is 2. The van der Waals surface area contributed by atoms with Gasteiger partial charge in [-0.15, -0.1) is 10.2 Å². The van der Waals surface area contributed by atoms with E-state index in [0.29, 0.717) is 32.8 Å². The highest BCUT2D eigenvalue weighted by atomic mass is 32.1. The molecule has 0 spiro atoms. The summed E-state index contributed by atoms with van der Waals surface area (Å²) < 4.78 is 24.7. The Bertz CT molecular complexity index is 1020. The molecule has 8 nitrogen and oxygen atoms in total. The summed E-state index contributed by atoms with van der Waals surface area (Å²) in [5, 5.41) is 12.1. The van der Waals surface area contributed by atoms with Crippen LogP contribution in [0.5, 0.6) is 11.5 Å². The fourth-order valence-electron chi connectivity index (χ4n) is 2.35. The third-order valence-electron chi connectivity index (χ3n) is 3.73. The molecule has 29 heavy (non-hydrogen) atoms. The maximum absolute atomic E-state index is 13.7. The van der Waals surface area contributed by atoms with Crippen LogP contribution >= 0.6 is 11.3 Å². The smallest absolute Gasteiger partial charge is 0.247 e. The van der Waals surface area contributed by atoms with Gasteiger partial charge in [-0.1, -0.05) is 29.5 Å². The van der Waals surface area contributed by atoms with Gasteiger partial charge < -0.3 is 15.2 Å². The summed E-state index contributed by atoms with van der Waals surface area (Å²) in [4.78, 5) is 11.8. The van der Waals surface area contributed by atoms with Crippen molar-refractivity contribution in [3.63, 3.8) is 0 Å². The zero-order valence-electron chi connectivity index (χ0n) is 15.5. The summed E-state index contributed by atoms with van der Waals surface area (Å²) in [6.45, 7) is 0.0721. The fraction of sp³-hybridized carbons (Fsp3) is 0.158. The summed E-state index contributed by atoms with van der Waals surface area (Å²) in [5.41, 5.74) is 9.01. The molecule has 0 bridgehead atoms. The molecule has 0 saturated carbocycles. The van der Waals surface area contributed by atoms with Crippen LogP contribution in [0.4, 0.5) is 9.52 Å². The number of rotatable bonds is 8. The molecule has 3 aromatic rings. The van der Waals surface area contributed by atoms with Gasteiger partial charge in [-0.05, 0) is 29.8 Å². The van der Waals surface area contributed by atoms with E-state index in [1.807, 2.05) is 0 Å². The topological polar surface area (TPSA) is 112 Å². The van der Waals surface area contributed by atoms with Crippen LogP contribution in [-0.2, 0) is 17.8 Å². The van der Waals surface area contributed by atoms with Crippen LogP contribution in [0.3, 0.4) is 0 Å². The maximum atomic E-state index is 13.7. The van der Waals surface area contributed by atoms with Crippen molar-refractivity contribution in [2.75, 3.05) is 12.8 Å². The number of methoxy groups -OCH3 is 1. The van der Waals surface area contributed by atoms with E-state index in [1.165, 1.54) is 19.4 Å². The number of carbonyl (C=O) groups is 1. The zero-order chi connectivity index (χ0) is 20.6. The molecule has 1 heterocycles. The van der Waals surface area contributed by atoms with Gasteiger partial charge in [0, 0.05) is 5.56 Å². The first kappa shape index (κ1) is 20.2. The number of nitrogen functional groups attached to an aromatic ring is 1. The Kier molecular flexibility index (Phi) is 6.69. The lowest BCUT2D eigenvalue weighted by Crippen LogP contribution is -2.19. The predicted molar refractivity (Wildman–Crippen MR) is 107 cm³/mol. The molecule has 1 aromatic heterocycles. The van der Waals surface area contributed by atoms with Crippen molar-refractivity contribution >= 4 is 28.6 Å². The van der Waals surface area contributed by atoms with Gasteiger partial charge in [0.25, 0.3) is 0 Å². The average molecular weight is 415 g/mol. The van der Waals surface area contributed by atoms with E-state index in [4.69, 9.17) is 15.2 Å². The van der Waals surface area contributed by atoms with Gasteiger partial charge in [-0.3, -0.25) is 4.79 Å². The van der Waals surface area contributed by atoms with Crippen LogP contribution < -0.4 is 20.6 Å². The van der Waals surface area contributed by atoms with Gasteiger partial charge in [0.05, 0.1) is 19.7 Å². The minimum absolute atomic E-state index is 0.0400. The van der Waals surface area contributed by atoms with E-state index in [-0.39, 0.29) is 24.8 Å². The molecular formula is C19H18FN5O3S. The number of hydrazone groups is 1. The molecule has 0 unspecified atom stereocenters. The molecule has 0 fully saturated rings. The molecule has 1 amide bonds. The second-order valence-corrected chi connectivity index (χ2v) is 6.89. The molecular weight excluding hydrogens is 397 g/mol. The van der Waals surface area contributed by atoms with Crippen LogP contribution in [-0.4, -0.2) is 29.4 Å². The maximum Gasteiger partial charge on any atom is 0.247 e. The zero-order valence-corrected chi connectivity index (χ0v) is 16.3. The van der Waals surface area contributed by atoms with E-state index < -0.39 is 0 Å². The molecule has 0 aliphatic carbocycles. The number of nitrogens with two attached hydrogens (primary N) is 1. The third kappa shape index (κ3) is 5.72. The van der Waals surface area contributed by atoms with Crippen LogP contribution in [0.2, 0.25) is 0 Å². The summed E-state index contributed by atoms with van der Waals surface area (Å²) in [5.74, 6) is 0.253. The van der Waals surface area contributed by atoms with E-state index in [9.17, 15) is 9.18 Å². The number of hydrogen-bond acceptors (Lipinski definition) is 8. The number of amides is 1. The van der Waals surface area contributed by atoms with Gasteiger partial charge in [-0.25, -0.2) is 9.82 Å². The van der Waals surface area contributed by atoms with E-state index in [1.54, 1.807) is 36.4 Å². The highest BCUT2D eigenvalue weighted by Crippen LogP contribution is 2.28. The van der Waals surface area contributed by atoms with Gasteiger partial charge in [0.1, 0.15) is 17.4 Å². The van der Waals surface area contributed by atoms with Gasteiger partial charge in [0.2, 0.25) is 11.0 Å². The Hall–Kier alpha value is -3.53. The number of hydrogen-bond donors (Lipinski definition) is 2. The first-order chi connectivity index (χ1) is 14.0. The van der Waals surface area contributed by atoms with Crippen molar-refractivity contribution in [3.05, 3.63) is 64.4 Å². The summed E-state index contributed by atoms with van der Waals surface area (Å²) in [7, 11) is 1.50. The minimum Gasteiger partial charge on any atom is -0.493 e. The van der Waals surface area contributed by atoms with Crippen LogP contribution in [0.25, 0.3) is 0 Å². The van der Waals surface area contributed by atoms with Crippen LogP contribution in [0.1, 0.15) is 16.1 Å². The normalized spacial score (nSPS) is 10.8. The number of halogens is 1. The monoisotopic (exact) mass is 415 g/mol. The second-order valence-electron chi connectivity index (χ2n) is 5.79. The lowest BCUT2D eigenvalue weighted by Gasteiger charge is -2.11. The molecule has 0 atom stereocenters. The van der Waals surface area contributed by atoms with Crippen molar-refractivity contribution in [1.82, 2.24) is 15.6 Å². The van der Waals surface area contributed by atoms with Crippen LogP contribution in [0, 0.1) is 5.82 Å². The highest BCUT2D eigenvalue weighted by Gasteiger charge is 2.09. The van der Waals surface area contributed by atoms with Gasteiger partial charge in [-0.2, -0.15) is 5.10 Å². The number of nitrogens with one attached hydrogen (secondary N) is 1. The lowest BCUT2D eigenvalue weighted by molar-refractivity contribution is -0.120. The molecule has 0 aliphatic heterocycles.